The van der Waals surface area contributed by atoms with Crippen LogP contribution in [0, 0.1) is 0 Å². The molecular weight excluding hydrogens is 272 g/mol. The van der Waals surface area contributed by atoms with Crippen molar-refractivity contribution >= 4 is 27.7 Å². The monoisotopic (exact) mass is 288 g/mol. The summed E-state index contributed by atoms with van der Waals surface area (Å²) < 4.78 is 1.03. The standard InChI is InChI=1S/C11H17BrN2S/c1-8(2)13-6-9(3)15-11-5-4-10(12)7-14-11/h4-5,7-9,13H,6H2,1-3H3. The zero-order chi connectivity index (χ0) is 11.3. The molecule has 0 amide bonds. The van der Waals surface area contributed by atoms with Gasteiger partial charge in [0, 0.05) is 28.5 Å². The van der Waals surface area contributed by atoms with Gasteiger partial charge in [-0.25, -0.2) is 4.98 Å². The van der Waals surface area contributed by atoms with Crippen LogP contribution in [-0.4, -0.2) is 22.8 Å². The molecule has 1 N–H and O–H groups in total. The molecule has 1 rings (SSSR count). The van der Waals surface area contributed by atoms with Gasteiger partial charge in [-0.05, 0) is 28.1 Å². The van der Waals surface area contributed by atoms with Crippen molar-refractivity contribution in [2.45, 2.75) is 37.1 Å². The summed E-state index contributed by atoms with van der Waals surface area (Å²) in [6.07, 6.45) is 1.84. The summed E-state index contributed by atoms with van der Waals surface area (Å²) in [4.78, 5) is 4.33. The molecule has 1 aromatic heterocycles. The first-order chi connectivity index (χ1) is 7.08. The number of pyridine rings is 1. The molecule has 0 fully saturated rings. The van der Waals surface area contributed by atoms with Crippen LogP contribution in [0.3, 0.4) is 0 Å². The van der Waals surface area contributed by atoms with Gasteiger partial charge in [0.15, 0.2) is 0 Å². The molecule has 0 spiro atoms. The van der Waals surface area contributed by atoms with Crippen molar-refractivity contribution in [3.05, 3.63) is 22.8 Å². The summed E-state index contributed by atoms with van der Waals surface area (Å²) in [6, 6.07) is 4.62. The van der Waals surface area contributed by atoms with Gasteiger partial charge in [0.2, 0.25) is 0 Å². The number of hydrogen-bond acceptors (Lipinski definition) is 3. The predicted molar refractivity (Wildman–Crippen MR) is 70.4 cm³/mol. The first-order valence-electron chi connectivity index (χ1n) is 5.09. The number of halogens is 1. The molecule has 0 aromatic carbocycles. The predicted octanol–water partition coefficient (Wildman–Crippen LogP) is 3.32. The third-order valence-electron chi connectivity index (χ3n) is 1.84. The Balaban J connectivity index is 2.37. The zero-order valence-corrected chi connectivity index (χ0v) is 11.7. The van der Waals surface area contributed by atoms with Gasteiger partial charge in [-0.15, -0.1) is 11.8 Å². The van der Waals surface area contributed by atoms with E-state index in [1.807, 2.05) is 18.3 Å². The van der Waals surface area contributed by atoms with Gasteiger partial charge in [0.1, 0.15) is 0 Å². The minimum atomic E-state index is 0.543. The Morgan fingerprint density at radius 3 is 2.67 bits per heavy atom. The molecule has 0 radical (unpaired) electrons. The van der Waals surface area contributed by atoms with Crippen molar-refractivity contribution < 1.29 is 0 Å². The summed E-state index contributed by atoms with van der Waals surface area (Å²) in [5.41, 5.74) is 0. The molecular formula is C11H17BrN2S. The van der Waals surface area contributed by atoms with Gasteiger partial charge in [-0.1, -0.05) is 20.8 Å². The molecule has 4 heteroatoms. The van der Waals surface area contributed by atoms with Crippen LogP contribution in [0.2, 0.25) is 0 Å². The maximum Gasteiger partial charge on any atom is 0.0963 e. The number of nitrogens with zero attached hydrogens (tertiary/aromatic N) is 1. The molecule has 84 valence electrons. The molecule has 0 bridgehead atoms. The Morgan fingerprint density at radius 1 is 1.40 bits per heavy atom. The fraction of sp³-hybridized carbons (Fsp3) is 0.545. The molecule has 2 nitrogen and oxygen atoms in total. The van der Waals surface area contributed by atoms with Crippen molar-refractivity contribution in [3.63, 3.8) is 0 Å². The van der Waals surface area contributed by atoms with Gasteiger partial charge in [0.05, 0.1) is 5.03 Å². The Labute approximate surface area is 104 Å². The SMILES string of the molecule is CC(C)NCC(C)Sc1ccc(Br)cn1. The summed E-state index contributed by atoms with van der Waals surface area (Å²) in [5, 5.41) is 5.04. The van der Waals surface area contributed by atoms with Crippen molar-refractivity contribution in [1.29, 1.82) is 0 Å². The topological polar surface area (TPSA) is 24.9 Å². The molecule has 0 saturated carbocycles. The van der Waals surface area contributed by atoms with E-state index in [1.54, 1.807) is 11.8 Å². The summed E-state index contributed by atoms with van der Waals surface area (Å²) >= 11 is 5.18. The Morgan fingerprint density at radius 2 is 2.13 bits per heavy atom. The van der Waals surface area contributed by atoms with Crippen LogP contribution in [0.25, 0.3) is 0 Å². The first kappa shape index (κ1) is 13.0. The van der Waals surface area contributed by atoms with Crippen LogP contribution in [0.5, 0.6) is 0 Å². The van der Waals surface area contributed by atoms with Crippen molar-refractivity contribution in [2.75, 3.05) is 6.54 Å². The maximum atomic E-state index is 4.33. The average Bonchev–Trinajstić information content (AvgIpc) is 2.19. The van der Waals surface area contributed by atoms with E-state index in [4.69, 9.17) is 0 Å². The van der Waals surface area contributed by atoms with Gasteiger partial charge < -0.3 is 5.32 Å². The second-order valence-electron chi connectivity index (χ2n) is 3.81. The fourth-order valence-corrected chi connectivity index (χ4v) is 2.17. The third kappa shape index (κ3) is 5.54. The van der Waals surface area contributed by atoms with Gasteiger partial charge in [0.25, 0.3) is 0 Å². The highest BCUT2D eigenvalue weighted by molar-refractivity contribution is 9.10. The van der Waals surface area contributed by atoms with Crippen LogP contribution in [0.4, 0.5) is 0 Å². The van der Waals surface area contributed by atoms with Crippen LogP contribution < -0.4 is 5.32 Å². The summed E-state index contributed by atoms with van der Waals surface area (Å²) in [5.74, 6) is 0. The van der Waals surface area contributed by atoms with Crippen molar-refractivity contribution in [3.8, 4) is 0 Å². The highest BCUT2D eigenvalue weighted by Crippen LogP contribution is 2.21. The van der Waals surface area contributed by atoms with E-state index in [2.05, 4.69) is 47.0 Å². The molecule has 1 unspecified atom stereocenters. The van der Waals surface area contributed by atoms with Crippen molar-refractivity contribution in [2.24, 2.45) is 0 Å². The Kier molecular flexibility index (Phi) is 5.64. The largest absolute Gasteiger partial charge is 0.313 e. The Hall–Kier alpha value is -0.0600. The van der Waals surface area contributed by atoms with E-state index in [0.29, 0.717) is 11.3 Å². The van der Waals surface area contributed by atoms with Crippen LogP contribution in [-0.2, 0) is 0 Å². The molecule has 0 aliphatic rings. The number of nitrogens with one attached hydrogen (secondary N) is 1. The lowest BCUT2D eigenvalue weighted by Gasteiger charge is -2.13. The quantitative estimate of drug-likeness (QED) is 0.842. The lowest BCUT2D eigenvalue weighted by Crippen LogP contribution is -2.29. The highest BCUT2D eigenvalue weighted by Gasteiger charge is 2.05. The smallest absolute Gasteiger partial charge is 0.0963 e. The second kappa shape index (κ2) is 6.51. The number of thioether (sulfide) groups is 1. The van der Waals surface area contributed by atoms with Gasteiger partial charge in [-0.3, -0.25) is 0 Å². The average molecular weight is 289 g/mol. The molecule has 0 aliphatic carbocycles. The number of aromatic nitrogens is 1. The van der Waals surface area contributed by atoms with Crippen LogP contribution in [0.1, 0.15) is 20.8 Å². The molecule has 1 aromatic rings. The lowest BCUT2D eigenvalue weighted by atomic mass is 10.3. The molecule has 1 heterocycles. The Bertz CT molecular complexity index is 287. The third-order valence-corrected chi connectivity index (χ3v) is 3.36. The van der Waals surface area contributed by atoms with Crippen LogP contribution >= 0.6 is 27.7 Å². The van der Waals surface area contributed by atoms with E-state index in [0.717, 1.165) is 16.0 Å². The van der Waals surface area contributed by atoms with Crippen LogP contribution in [0.15, 0.2) is 27.8 Å². The number of rotatable bonds is 5. The minimum absolute atomic E-state index is 0.543. The lowest BCUT2D eigenvalue weighted by molar-refractivity contribution is 0.589. The van der Waals surface area contributed by atoms with E-state index in [9.17, 15) is 0 Å². The van der Waals surface area contributed by atoms with E-state index in [-0.39, 0.29) is 0 Å². The highest BCUT2D eigenvalue weighted by atomic mass is 79.9. The second-order valence-corrected chi connectivity index (χ2v) is 6.18. The molecule has 1 atom stereocenters. The maximum absolute atomic E-state index is 4.33. The van der Waals surface area contributed by atoms with E-state index in [1.165, 1.54) is 0 Å². The van der Waals surface area contributed by atoms with Gasteiger partial charge >= 0.3 is 0 Å². The van der Waals surface area contributed by atoms with E-state index < -0.39 is 0 Å². The van der Waals surface area contributed by atoms with Crippen molar-refractivity contribution in [1.82, 2.24) is 10.3 Å². The molecule has 0 aliphatic heterocycles. The summed E-state index contributed by atoms with van der Waals surface area (Å²) in [7, 11) is 0. The normalized spacial score (nSPS) is 13.1. The molecule has 0 saturated heterocycles. The zero-order valence-electron chi connectivity index (χ0n) is 9.33. The van der Waals surface area contributed by atoms with Gasteiger partial charge in [-0.2, -0.15) is 0 Å². The minimum Gasteiger partial charge on any atom is -0.313 e. The fourth-order valence-electron chi connectivity index (χ4n) is 1.08. The first-order valence-corrected chi connectivity index (χ1v) is 6.77. The van der Waals surface area contributed by atoms with E-state index >= 15 is 0 Å². The molecule has 15 heavy (non-hydrogen) atoms. The summed E-state index contributed by atoms with van der Waals surface area (Å²) in [6.45, 7) is 7.55. The number of hydrogen-bond donors (Lipinski definition) is 1.